The van der Waals surface area contributed by atoms with E-state index in [1.807, 2.05) is 18.2 Å². The summed E-state index contributed by atoms with van der Waals surface area (Å²) >= 11 is -0.476. The first-order valence-corrected chi connectivity index (χ1v) is 9.49. The third-order valence-corrected chi connectivity index (χ3v) is 7.87. The Morgan fingerprint density at radius 1 is 1.33 bits per heavy atom. The van der Waals surface area contributed by atoms with Gasteiger partial charge in [-0.15, -0.1) is 0 Å². The Labute approximate surface area is 136 Å². The van der Waals surface area contributed by atoms with Crippen LogP contribution in [0.25, 0.3) is 5.70 Å². The number of rotatable bonds is 5. The van der Waals surface area contributed by atoms with Crippen LogP contribution in [-0.2, 0) is 9.53 Å². The second-order valence-corrected chi connectivity index (χ2v) is 9.03. The first-order chi connectivity index (χ1) is 10.2. The van der Waals surface area contributed by atoms with Gasteiger partial charge in [-0.2, -0.15) is 0 Å². The van der Waals surface area contributed by atoms with E-state index in [9.17, 15) is 4.79 Å². The average Bonchev–Trinajstić information content (AvgIpc) is 3.09. The van der Waals surface area contributed by atoms with Crippen molar-refractivity contribution in [2.24, 2.45) is 0 Å². The molecule has 3 nitrogen and oxygen atoms in total. The van der Waals surface area contributed by atoms with Gasteiger partial charge in [0.1, 0.15) is 0 Å². The van der Waals surface area contributed by atoms with Gasteiger partial charge in [0.2, 0.25) is 0 Å². The van der Waals surface area contributed by atoms with Crippen molar-refractivity contribution in [1.82, 2.24) is 3.15 Å². The predicted molar refractivity (Wildman–Crippen MR) is 84.3 cm³/mol. The molecule has 0 aromatic heterocycles. The fourth-order valence-corrected chi connectivity index (χ4v) is 6.88. The maximum absolute atomic E-state index is 12.4. The van der Waals surface area contributed by atoms with Crippen LogP contribution >= 0.6 is 0 Å². The van der Waals surface area contributed by atoms with E-state index in [1.165, 1.54) is 7.11 Å². The number of carbonyl (C=O) groups is 1. The van der Waals surface area contributed by atoms with Crippen molar-refractivity contribution < 1.29 is 9.53 Å². The summed E-state index contributed by atoms with van der Waals surface area (Å²) in [6.07, 6.45) is 7.76. The van der Waals surface area contributed by atoms with Crippen LogP contribution in [-0.4, -0.2) is 37.4 Å². The minimum absolute atomic E-state index is 0.0423. The molecule has 0 radical (unpaired) electrons. The number of esters is 1. The van der Waals surface area contributed by atoms with E-state index in [-0.39, 0.29) is 9.43 Å². The zero-order chi connectivity index (χ0) is 14.9. The predicted octanol–water partition coefficient (Wildman–Crippen LogP) is 3.38. The van der Waals surface area contributed by atoms with E-state index >= 15 is 0 Å². The van der Waals surface area contributed by atoms with Crippen molar-refractivity contribution in [1.29, 1.82) is 0 Å². The number of hydrogen-bond acceptors (Lipinski definition) is 3. The van der Waals surface area contributed by atoms with Crippen LogP contribution in [0.4, 0.5) is 0 Å². The summed E-state index contributed by atoms with van der Waals surface area (Å²) in [5.41, 5.74) is 3.07. The number of methoxy groups -OCH3 is 1. The van der Waals surface area contributed by atoms with Gasteiger partial charge in [-0.1, -0.05) is 0 Å². The van der Waals surface area contributed by atoms with E-state index in [1.54, 1.807) is 0 Å². The normalized spacial score (nSPS) is 23.0. The zero-order valence-electron chi connectivity index (χ0n) is 12.3. The van der Waals surface area contributed by atoms with Gasteiger partial charge in [0.25, 0.3) is 0 Å². The van der Waals surface area contributed by atoms with Gasteiger partial charge in [0, 0.05) is 0 Å². The second-order valence-electron chi connectivity index (χ2n) is 5.31. The third kappa shape index (κ3) is 2.41. The van der Waals surface area contributed by atoms with Gasteiger partial charge in [-0.25, -0.2) is 0 Å². The molecule has 0 aliphatic carbocycles. The van der Waals surface area contributed by atoms with Gasteiger partial charge in [-0.05, 0) is 0 Å². The fraction of sp³-hybridized carbons (Fsp3) is 0.353. The zero-order valence-corrected chi connectivity index (χ0v) is 14.7. The topological polar surface area (TPSA) is 29.5 Å². The summed E-state index contributed by atoms with van der Waals surface area (Å²) in [5.74, 6) is -0.165. The van der Waals surface area contributed by atoms with Gasteiger partial charge in [-0.3, -0.25) is 0 Å². The third-order valence-electron chi connectivity index (χ3n) is 3.96. The molecular formula is C17H19NO2Te. The first-order valence-electron chi connectivity index (χ1n) is 7.28. The molecule has 2 bridgehead atoms. The number of benzene rings is 1. The molecule has 1 atom stereocenters. The Bertz CT molecular complexity index is 608. The average molecular weight is 397 g/mol. The molecule has 0 saturated heterocycles. The number of nitrogens with zero attached hydrogens (tertiary/aromatic N) is 1. The molecule has 0 spiro atoms. The summed E-state index contributed by atoms with van der Waals surface area (Å²) in [6.45, 7) is 2.20. The number of unbranched alkanes of at least 4 members (excludes halogenated alkanes) is 1. The second kappa shape index (κ2) is 5.87. The number of carbonyl (C=O) groups excluding carboxylic acids is 1. The van der Waals surface area contributed by atoms with Crippen LogP contribution in [0.15, 0.2) is 48.2 Å². The van der Waals surface area contributed by atoms with Crippen molar-refractivity contribution in [3.05, 3.63) is 53.7 Å². The molecule has 1 aromatic carbocycles. The Morgan fingerprint density at radius 3 is 2.76 bits per heavy atom. The molecule has 1 aromatic rings. The number of ether oxygens (including phenoxy) is 1. The fourth-order valence-electron chi connectivity index (χ4n) is 2.92. The molecule has 4 heteroatoms. The molecule has 1 unspecified atom stereocenters. The Kier molecular flexibility index (Phi) is 4.10. The quantitative estimate of drug-likeness (QED) is 0.564. The summed E-state index contributed by atoms with van der Waals surface area (Å²) in [4.78, 5) is 12.4. The molecule has 2 heterocycles. The van der Waals surface area contributed by atoms with Gasteiger partial charge < -0.3 is 0 Å². The van der Waals surface area contributed by atoms with Gasteiger partial charge >= 0.3 is 136 Å². The standard InChI is InChI=1S/C17H19NO2Te/c1-3-4-10-17-11-12-18(21-17)15(14(17)16(19)20-2)13-8-6-5-7-9-13/h5-9,11-12H,3-4,10H2,1-2H3. The summed E-state index contributed by atoms with van der Waals surface area (Å²) in [5, 5.41) is 0. The van der Waals surface area contributed by atoms with Crippen molar-refractivity contribution in [3.63, 3.8) is 0 Å². The van der Waals surface area contributed by atoms with E-state index < -0.39 is 21.2 Å². The molecule has 2 aliphatic rings. The molecule has 0 saturated carbocycles. The molecule has 3 rings (SSSR count). The monoisotopic (exact) mass is 399 g/mol. The van der Waals surface area contributed by atoms with Crippen LogP contribution in [0.5, 0.6) is 0 Å². The Morgan fingerprint density at radius 2 is 2.10 bits per heavy atom. The van der Waals surface area contributed by atoms with Crippen molar-refractivity contribution in [2.75, 3.05) is 7.11 Å². The van der Waals surface area contributed by atoms with E-state index in [4.69, 9.17) is 4.74 Å². The molecule has 0 amide bonds. The van der Waals surface area contributed by atoms with Crippen LogP contribution in [0.3, 0.4) is 0 Å². The number of fused-ring (bicyclic) bond motifs is 2. The van der Waals surface area contributed by atoms with Crippen molar-refractivity contribution in [2.45, 2.75) is 29.6 Å². The van der Waals surface area contributed by atoms with E-state index in [0.29, 0.717) is 0 Å². The molecule has 21 heavy (non-hydrogen) atoms. The van der Waals surface area contributed by atoms with Crippen LogP contribution < -0.4 is 0 Å². The Balaban J connectivity index is 2.09. The molecule has 2 aliphatic heterocycles. The van der Waals surface area contributed by atoms with Crippen molar-refractivity contribution >= 4 is 32.9 Å². The molecular weight excluding hydrogens is 378 g/mol. The number of hydrogen-bond donors (Lipinski definition) is 0. The molecule has 0 N–H and O–H groups in total. The van der Waals surface area contributed by atoms with Gasteiger partial charge in [0.15, 0.2) is 0 Å². The maximum atomic E-state index is 12.4. The summed E-state index contributed by atoms with van der Waals surface area (Å²) in [7, 11) is 1.48. The van der Waals surface area contributed by atoms with E-state index in [0.717, 1.165) is 36.1 Å². The first kappa shape index (κ1) is 14.7. The van der Waals surface area contributed by atoms with Crippen LogP contribution in [0.1, 0.15) is 31.7 Å². The summed E-state index contributed by atoms with van der Waals surface area (Å²) in [6, 6.07) is 10.2. The van der Waals surface area contributed by atoms with Crippen LogP contribution in [0.2, 0.25) is 3.46 Å². The van der Waals surface area contributed by atoms with E-state index in [2.05, 4.69) is 34.5 Å². The SMILES string of the molecule is CCCCC12C=CN([Te]1)C(c1ccccc1)=C2C(=O)OC. The van der Waals surface area contributed by atoms with Gasteiger partial charge in [0.05, 0.1) is 0 Å². The minimum atomic E-state index is -0.476. The van der Waals surface area contributed by atoms with Crippen molar-refractivity contribution in [3.8, 4) is 0 Å². The molecule has 110 valence electrons. The molecule has 0 fully saturated rings. The summed E-state index contributed by atoms with van der Waals surface area (Å²) < 4.78 is 7.39. The number of allylic oxidation sites excluding steroid dienone is 1. The Hall–Kier alpha value is -1.24. The van der Waals surface area contributed by atoms with Crippen LogP contribution in [0, 0.1) is 0 Å².